The number of carbonyl (C=O) groups is 3. The van der Waals surface area contributed by atoms with E-state index in [-0.39, 0.29) is 11.3 Å². The molecule has 10 nitrogen and oxygen atoms in total. The first-order valence-corrected chi connectivity index (χ1v) is 8.53. The zero-order valence-electron chi connectivity index (χ0n) is 16.4. The van der Waals surface area contributed by atoms with Crippen LogP contribution >= 0.6 is 0 Å². The Bertz CT molecular complexity index is 863. The molecule has 1 heterocycles. The number of methoxy groups -OCH3 is 3. The van der Waals surface area contributed by atoms with Gasteiger partial charge >= 0.3 is 0 Å². The molecule has 1 atom stereocenters. The van der Waals surface area contributed by atoms with Crippen molar-refractivity contribution >= 4 is 17.7 Å². The van der Waals surface area contributed by atoms with Crippen molar-refractivity contribution < 1.29 is 28.6 Å². The molecule has 1 aromatic carbocycles. The van der Waals surface area contributed by atoms with Gasteiger partial charge < -0.3 is 19.5 Å². The number of nitrogens with one attached hydrogen (secondary N) is 3. The number of rotatable bonds is 7. The van der Waals surface area contributed by atoms with E-state index in [0.29, 0.717) is 17.2 Å². The van der Waals surface area contributed by atoms with Gasteiger partial charge in [0.1, 0.15) is 11.7 Å². The summed E-state index contributed by atoms with van der Waals surface area (Å²) in [5, 5.41) is 2.53. The number of amides is 3. The van der Waals surface area contributed by atoms with Crippen molar-refractivity contribution in [1.82, 2.24) is 21.2 Å². The molecule has 1 aromatic heterocycles. The molecule has 2 aromatic rings. The molecule has 29 heavy (non-hydrogen) atoms. The Kier molecular flexibility index (Phi) is 7.35. The molecule has 0 fully saturated rings. The van der Waals surface area contributed by atoms with Crippen LogP contribution in [0.25, 0.3) is 0 Å². The minimum absolute atomic E-state index is 0.141. The van der Waals surface area contributed by atoms with Gasteiger partial charge in [0.15, 0.2) is 11.5 Å². The van der Waals surface area contributed by atoms with E-state index >= 15 is 0 Å². The predicted octanol–water partition coefficient (Wildman–Crippen LogP) is 0.687. The lowest BCUT2D eigenvalue weighted by Crippen LogP contribution is -2.51. The summed E-state index contributed by atoms with van der Waals surface area (Å²) in [5.41, 5.74) is 4.82. The molecule has 2 rings (SSSR count). The van der Waals surface area contributed by atoms with Crippen molar-refractivity contribution in [3.05, 3.63) is 47.8 Å². The second-order valence-electron chi connectivity index (χ2n) is 5.77. The average molecular weight is 402 g/mol. The third-order valence-corrected chi connectivity index (χ3v) is 3.86. The SMILES string of the molecule is COc1cc(C(=O)N[C@@H](C)C(=O)NNC(=O)c2ccccn2)cc(OC)c1OC. The molecule has 0 saturated heterocycles. The maximum atomic E-state index is 12.5. The van der Waals surface area contributed by atoms with Crippen LogP contribution in [0.2, 0.25) is 0 Å². The van der Waals surface area contributed by atoms with E-state index in [2.05, 4.69) is 21.2 Å². The van der Waals surface area contributed by atoms with Crippen LogP contribution in [0.3, 0.4) is 0 Å². The summed E-state index contributed by atoms with van der Waals surface area (Å²) < 4.78 is 15.6. The van der Waals surface area contributed by atoms with E-state index in [1.807, 2.05) is 0 Å². The third kappa shape index (κ3) is 5.34. The normalized spacial score (nSPS) is 11.0. The summed E-state index contributed by atoms with van der Waals surface area (Å²) in [6.45, 7) is 1.47. The summed E-state index contributed by atoms with van der Waals surface area (Å²) in [7, 11) is 4.31. The Balaban J connectivity index is 2.01. The van der Waals surface area contributed by atoms with Crippen LogP contribution in [-0.4, -0.2) is 50.1 Å². The Morgan fingerprint density at radius 1 is 0.931 bits per heavy atom. The molecule has 0 aliphatic carbocycles. The molecule has 154 valence electrons. The first-order chi connectivity index (χ1) is 13.9. The number of hydrazine groups is 1. The molecule has 3 N–H and O–H groups in total. The van der Waals surface area contributed by atoms with Crippen LogP contribution in [0.15, 0.2) is 36.5 Å². The van der Waals surface area contributed by atoms with Gasteiger partial charge in [0.05, 0.1) is 21.3 Å². The summed E-state index contributed by atoms with van der Waals surface area (Å²) in [4.78, 5) is 40.4. The van der Waals surface area contributed by atoms with E-state index in [4.69, 9.17) is 14.2 Å². The lowest BCUT2D eigenvalue weighted by molar-refractivity contribution is -0.123. The van der Waals surface area contributed by atoms with Crippen molar-refractivity contribution in [2.75, 3.05) is 21.3 Å². The quantitative estimate of drug-likeness (QED) is 0.581. The number of aromatic nitrogens is 1. The van der Waals surface area contributed by atoms with Gasteiger partial charge in [0.25, 0.3) is 17.7 Å². The minimum Gasteiger partial charge on any atom is -0.493 e. The zero-order chi connectivity index (χ0) is 21.4. The molecular formula is C19H22N4O6. The molecule has 0 aliphatic rings. The van der Waals surface area contributed by atoms with Crippen molar-refractivity contribution in [1.29, 1.82) is 0 Å². The summed E-state index contributed by atoms with van der Waals surface area (Å²) in [6, 6.07) is 6.79. The molecule has 0 spiro atoms. The standard InChI is InChI=1S/C19H22N4O6/c1-11(17(24)22-23-19(26)13-7-5-6-8-20-13)21-18(25)12-9-14(27-2)16(29-4)15(10-12)28-3/h5-11H,1-4H3,(H,21,25)(H,22,24)(H,23,26)/t11-/m0/s1. The molecule has 3 amide bonds. The van der Waals surface area contributed by atoms with Crippen LogP contribution < -0.4 is 30.4 Å². The van der Waals surface area contributed by atoms with Crippen LogP contribution in [0, 0.1) is 0 Å². The van der Waals surface area contributed by atoms with E-state index in [9.17, 15) is 14.4 Å². The molecule has 0 saturated carbocycles. The van der Waals surface area contributed by atoms with Gasteiger partial charge in [-0.25, -0.2) is 0 Å². The van der Waals surface area contributed by atoms with Crippen molar-refractivity contribution in [2.45, 2.75) is 13.0 Å². The number of hydrogen-bond acceptors (Lipinski definition) is 7. The van der Waals surface area contributed by atoms with Gasteiger partial charge in [-0.1, -0.05) is 6.07 Å². The van der Waals surface area contributed by atoms with Crippen LogP contribution in [0.5, 0.6) is 17.2 Å². The Hall–Kier alpha value is -3.82. The number of nitrogens with zero attached hydrogens (tertiary/aromatic N) is 1. The average Bonchev–Trinajstić information content (AvgIpc) is 2.76. The smallest absolute Gasteiger partial charge is 0.288 e. The van der Waals surface area contributed by atoms with Crippen LogP contribution in [0.4, 0.5) is 0 Å². The van der Waals surface area contributed by atoms with Crippen LogP contribution in [0.1, 0.15) is 27.8 Å². The molecule has 0 unspecified atom stereocenters. The van der Waals surface area contributed by atoms with Gasteiger partial charge in [-0.05, 0) is 31.2 Å². The lowest BCUT2D eigenvalue weighted by Gasteiger charge is -2.16. The van der Waals surface area contributed by atoms with E-state index in [0.717, 1.165) is 0 Å². The number of pyridine rings is 1. The second-order valence-corrected chi connectivity index (χ2v) is 5.77. The monoisotopic (exact) mass is 402 g/mol. The molecule has 0 radical (unpaired) electrons. The summed E-state index contributed by atoms with van der Waals surface area (Å²) >= 11 is 0. The van der Waals surface area contributed by atoms with Gasteiger partial charge in [-0.15, -0.1) is 0 Å². The van der Waals surface area contributed by atoms with E-state index < -0.39 is 23.8 Å². The maximum absolute atomic E-state index is 12.5. The minimum atomic E-state index is -0.939. The van der Waals surface area contributed by atoms with E-state index in [1.165, 1.54) is 52.6 Å². The fraction of sp³-hybridized carbons (Fsp3) is 0.263. The highest BCUT2D eigenvalue weighted by Gasteiger charge is 2.21. The highest BCUT2D eigenvalue weighted by Crippen LogP contribution is 2.38. The Labute approximate surface area is 167 Å². The van der Waals surface area contributed by atoms with Gasteiger partial charge in [-0.3, -0.25) is 30.2 Å². The van der Waals surface area contributed by atoms with Crippen molar-refractivity contribution in [3.8, 4) is 17.2 Å². The van der Waals surface area contributed by atoms with Gasteiger partial charge in [-0.2, -0.15) is 0 Å². The van der Waals surface area contributed by atoms with Crippen LogP contribution in [-0.2, 0) is 4.79 Å². The number of ether oxygens (including phenoxy) is 3. The highest BCUT2D eigenvalue weighted by atomic mass is 16.5. The van der Waals surface area contributed by atoms with Crippen molar-refractivity contribution in [2.24, 2.45) is 0 Å². The Morgan fingerprint density at radius 3 is 2.10 bits per heavy atom. The largest absolute Gasteiger partial charge is 0.493 e. The molecule has 0 bridgehead atoms. The maximum Gasteiger partial charge on any atom is 0.288 e. The number of hydrogen-bond donors (Lipinski definition) is 3. The molecular weight excluding hydrogens is 380 g/mol. The Morgan fingerprint density at radius 2 is 1.59 bits per heavy atom. The fourth-order valence-corrected chi connectivity index (χ4v) is 2.35. The highest BCUT2D eigenvalue weighted by molar-refractivity contribution is 5.99. The third-order valence-electron chi connectivity index (χ3n) is 3.86. The summed E-state index contributed by atoms with van der Waals surface area (Å²) in [6.07, 6.45) is 1.46. The predicted molar refractivity (Wildman–Crippen MR) is 103 cm³/mol. The fourth-order valence-electron chi connectivity index (χ4n) is 2.35. The van der Waals surface area contributed by atoms with Gasteiger partial charge in [0.2, 0.25) is 5.75 Å². The lowest BCUT2D eigenvalue weighted by atomic mass is 10.1. The first kappa shape index (κ1) is 21.5. The number of carbonyl (C=O) groups excluding carboxylic acids is 3. The van der Waals surface area contributed by atoms with E-state index in [1.54, 1.807) is 12.1 Å². The first-order valence-electron chi connectivity index (χ1n) is 8.53. The summed E-state index contributed by atoms with van der Waals surface area (Å²) in [5.74, 6) is -0.789. The van der Waals surface area contributed by atoms with Crippen molar-refractivity contribution in [3.63, 3.8) is 0 Å². The molecule has 10 heteroatoms. The second kappa shape index (κ2) is 9.93. The zero-order valence-corrected chi connectivity index (χ0v) is 16.4. The number of benzene rings is 1. The topological polar surface area (TPSA) is 128 Å². The van der Waals surface area contributed by atoms with Gasteiger partial charge in [0, 0.05) is 11.8 Å². The molecule has 0 aliphatic heterocycles.